The van der Waals surface area contributed by atoms with Crippen LogP contribution in [0.25, 0.3) is 0 Å². The number of nitrogens with two attached hydrogens (primary N) is 1. The van der Waals surface area contributed by atoms with E-state index in [1.165, 1.54) is 12.3 Å². The summed E-state index contributed by atoms with van der Waals surface area (Å²) in [5.74, 6) is -0.267. The third-order valence-corrected chi connectivity index (χ3v) is 4.38. The van der Waals surface area contributed by atoms with E-state index in [4.69, 9.17) is 17.3 Å². The first-order valence-electron chi connectivity index (χ1n) is 4.99. The number of amides is 1. The highest BCUT2D eigenvalue weighted by molar-refractivity contribution is 9.10. The maximum atomic E-state index is 11.9. The van der Waals surface area contributed by atoms with Gasteiger partial charge in [0, 0.05) is 9.35 Å². The van der Waals surface area contributed by atoms with Crippen LogP contribution in [0.5, 0.6) is 0 Å². The van der Waals surface area contributed by atoms with Crippen LogP contribution in [-0.4, -0.2) is 10.9 Å². The number of aromatic nitrogens is 1. The molecule has 0 saturated heterocycles. The topological polar surface area (TPSA) is 68.0 Å². The van der Waals surface area contributed by atoms with Gasteiger partial charge in [-0.1, -0.05) is 11.6 Å². The van der Waals surface area contributed by atoms with Crippen molar-refractivity contribution in [2.24, 2.45) is 0 Å². The monoisotopic (exact) mass is 345 g/mol. The molecule has 0 radical (unpaired) electrons. The summed E-state index contributed by atoms with van der Waals surface area (Å²) in [7, 11) is 0. The number of pyridine rings is 1. The van der Waals surface area contributed by atoms with Crippen molar-refractivity contribution >= 4 is 50.5 Å². The maximum absolute atomic E-state index is 11.9. The van der Waals surface area contributed by atoms with E-state index >= 15 is 0 Å². The zero-order chi connectivity index (χ0) is 13.1. The lowest BCUT2D eigenvalue weighted by Crippen LogP contribution is -2.23. The van der Waals surface area contributed by atoms with Crippen LogP contribution in [0.3, 0.4) is 0 Å². The molecule has 1 amide bonds. The van der Waals surface area contributed by atoms with Gasteiger partial charge in [0.25, 0.3) is 5.91 Å². The molecule has 0 aliphatic rings. The molecule has 0 aromatic carbocycles. The number of hydrogen-bond donors (Lipinski definition) is 2. The molecule has 0 aliphatic heterocycles. The number of carbonyl (C=O) groups is 1. The second-order valence-electron chi connectivity index (χ2n) is 3.47. The number of anilines is 1. The molecule has 18 heavy (non-hydrogen) atoms. The molecule has 0 aliphatic carbocycles. The number of carbonyl (C=O) groups excluding carboxylic acids is 1. The Morgan fingerprint density at radius 3 is 3.06 bits per heavy atom. The van der Waals surface area contributed by atoms with Crippen LogP contribution in [0.2, 0.25) is 5.15 Å². The molecular formula is C11H9BrClN3OS. The van der Waals surface area contributed by atoms with Crippen molar-refractivity contribution in [2.45, 2.75) is 6.54 Å². The summed E-state index contributed by atoms with van der Waals surface area (Å²) in [6, 6.07) is 3.39. The van der Waals surface area contributed by atoms with Gasteiger partial charge in [-0.05, 0) is 33.4 Å². The third kappa shape index (κ3) is 3.01. The zero-order valence-corrected chi connectivity index (χ0v) is 12.3. The van der Waals surface area contributed by atoms with E-state index in [-0.39, 0.29) is 11.1 Å². The van der Waals surface area contributed by atoms with Crippen molar-refractivity contribution in [1.82, 2.24) is 10.3 Å². The number of rotatable bonds is 3. The van der Waals surface area contributed by atoms with Crippen molar-refractivity contribution in [3.05, 3.63) is 43.8 Å². The third-order valence-electron chi connectivity index (χ3n) is 2.25. The van der Waals surface area contributed by atoms with Crippen molar-refractivity contribution in [3.63, 3.8) is 0 Å². The van der Waals surface area contributed by atoms with Gasteiger partial charge in [0.05, 0.1) is 24.0 Å². The molecular weight excluding hydrogens is 338 g/mol. The van der Waals surface area contributed by atoms with Crippen LogP contribution in [0.15, 0.2) is 28.2 Å². The Balaban J connectivity index is 2.08. The Hall–Kier alpha value is -1.11. The smallest absolute Gasteiger partial charge is 0.253 e. The van der Waals surface area contributed by atoms with Crippen LogP contribution in [0.4, 0.5) is 5.69 Å². The molecule has 7 heteroatoms. The lowest BCUT2D eigenvalue weighted by molar-refractivity contribution is 0.0952. The van der Waals surface area contributed by atoms with E-state index in [1.54, 1.807) is 11.3 Å². The van der Waals surface area contributed by atoms with Gasteiger partial charge < -0.3 is 11.1 Å². The number of hydrogen-bond acceptors (Lipinski definition) is 4. The van der Waals surface area contributed by atoms with E-state index in [2.05, 4.69) is 26.2 Å². The molecule has 0 spiro atoms. The summed E-state index contributed by atoms with van der Waals surface area (Å²) in [4.78, 5) is 16.8. The van der Waals surface area contributed by atoms with Gasteiger partial charge in [-0.15, -0.1) is 11.3 Å². The van der Waals surface area contributed by atoms with E-state index < -0.39 is 0 Å². The highest BCUT2D eigenvalue weighted by Gasteiger charge is 2.11. The lowest BCUT2D eigenvalue weighted by Gasteiger charge is -2.07. The molecule has 0 bridgehead atoms. The van der Waals surface area contributed by atoms with Crippen molar-refractivity contribution in [3.8, 4) is 0 Å². The van der Waals surface area contributed by atoms with Crippen LogP contribution >= 0.6 is 38.9 Å². The molecule has 2 aromatic rings. The Labute approximate surface area is 121 Å². The fourth-order valence-corrected chi connectivity index (χ4v) is 2.93. The first kappa shape index (κ1) is 13.3. The van der Waals surface area contributed by atoms with Gasteiger partial charge in [0.2, 0.25) is 0 Å². The highest BCUT2D eigenvalue weighted by Crippen LogP contribution is 2.22. The number of halogens is 2. The predicted molar refractivity (Wildman–Crippen MR) is 76.8 cm³/mol. The van der Waals surface area contributed by atoms with E-state index in [1.807, 2.05) is 11.4 Å². The fourth-order valence-electron chi connectivity index (χ4n) is 1.34. The minimum atomic E-state index is -0.267. The molecule has 0 fully saturated rings. The summed E-state index contributed by atoms with van der Waals surface area (Å²) in [6.45, 7) is 0.441. The summed E-state index contributed by atoms with van der Waals surface area (Å²) in [5, 5.41) is 4.98. The molecule has 3 N–H and O–H groups in total. The molecule has 2 aromatic heterocycles. The Morgan fingerprint density at radius 2 is 2.39 bits per heavy atom. The summed E-state index contributed by atoms with van der Waals surface area (Å²) < 4.78 is 0.980. The van der Waals surface area contributed by atoms with Crippen molar-refractivity contribution < 1.29 is 4.79 Å². The van der Waals surface area contributed by atoms with Crippen LogP contribution in [0.1, 0.15) is 15.2 Å². The van der Waals surface area contributed by atoms with Gasteiger partial charge in [0.1, 0.15) is 5.15 Å². The fraction of sp³-hybridized carbons (Fsp3) is 0.0909. The zero-order valence-electron chi connectivity index (χ0n) is 9.11. The largest absolute Gasteiger partial charge is 0.397 e. The molecule has 94 valence electrons. The number of nitrogen functional groups attached to an aromatic ring is 1. The Bertz CT molecular complexity index is 587. The average molecular weight is 347 g/mol. The number of nitrogens with one attached hydrogen (secondary N) is 1. The Morgan fingerprint density at radius 1 is 1.61 bits per heavy atom. The Kier molecular flexibility index (Phi) is 4.21. The summed E-state index contributed by atoms with van der Waals surface area (Å²) in [6.07, 6.45) is 1.37. The average Bonchev–Trinajstić information content (AvgIpc) is 2.75. The maximum Gasteiger partial charge on any atom is 0.253 e. The van der Waals surface area contributed by atoms with Crippen molar-refractivity contribution in [2.75, 3.05) is 5.73 Å². The molecule has 2 heterocycles. The first-order valence-corrected chi connectivity index (χ1v) is 7.04. The molecule has 0 unspecified atom stereocenters. The minimum absolute atomic E-state index is 0.242. The summed E-state index contributed by atoms with van der Waals surface area (Å²) in [5.41, 5.74) is 6.32. The molecule has 0 atom stereocenters. The van der Waals surface area contributed by atoms with E-state index in [0.717, 1.165) is 9.35 Å². The second kappa shape index (κ2) is 5.69. The van der Waals surface area contributed by atoms with Gasteiger partial charge in [-0.2, -0.15) is 0 Å². The van der Waals surface area contributed by atoms with Gasteiger partial charge >= 0.3 is 0 Å². The second-order valence-corrected chi connectivity index (χ2v) is 5.71. The quantitative estimate of drug-likeness (QED) is 0.839. The molecule has 2 rings (SSSR count). The van der Waals surface area contributed by atoms with E-state index in [9.17, 15) is 4.79 Å². The standard InChI is InChI=1S/C11H9BrClN3OS/c12-7-1-2-18-9(7)5-16-11(17)6-3-10(13)15-4-8(6)14/h1-4H,5,14H2,(H,16,17). The first-order chi connectivity index (χ1) is 8.58. The lowest BCUT2D eigenvalue weighted by atomic mass is 10.2. The molecule has 0 saturated carbocycles. The van der Waals surface area contributed by atoms with Crippen LogP contribution in [0, 0.1) is 0 Å². The van der Waals surface area contributed by atoms with Gasteiger partial charge in [0.15, 0.2) is 0 Å². The minimum Gasteiger partial charge on any atom is -0.397 e. The van der Waals surface area contributed by atoms with Gasteiger partial charge in [-0.3, -0.25) is 4.79 Å². The highest BCUT2D eigenvalue weighted by atomic mass is 79.9. The number of thiophene rings is 1. The van der Waals surface area contributed by atoms with E-state index in [0.29, 0.717) is 17.8 Å². The SMILES string of the molecule is Nc1cnc(Cl)cc1C(=O)NCc1sccc1Br. The normalized spacial score (nSPS) is 10.3. The van der Waals surface area contributed by atoms with Crippen LogP contribution in [-0.2, 0) is 6.54 Å². The van der Waals surface area contributed by atoms with Crippen LogP contribution < -0.4 is 11.1 Å². The van der Waals surface area contributed by atoms with Gasteiger partial charge in [-0.25, -0.2) is 4.98 Å². The van der Waals surface area contributed by atoms with Crippen molar-refractivity contribution in [1.29, 1.82) is 0 Å². The molecule has 4 nitrogen and oxygen atoms in total. The predicted octanol–water partition coefficient (Wildman–Crippen LogP) is 3.07. The summed E-state index contributed by atoms with van der Waals surface area (Å²) >= 11 is 10.7. The number of nitrogens with zero attached hydrogens (tertiary/aromatic N) is 1.